The zero-order valence-corrected chi connectivity index (χ0v) is 12.8. The molecule has 1 saturated carbocycles. The van der Waals surface area contributed by atoms with Crippen LogP contribution in [0.15, 0.2) is 5.16 Å². The lowest BCUT2D eigenvalue weighted by Gasteiger charge is -2.25. The minimum Gasteiger partial charge on any atom is -0.309 e. The van der Waals surface area contributed by atoms with E-state index in [1.54, 1.807) is 11.8 Å². The van der Waals surface area contributed by atoms with E-state index in [-0.39, 0.29) is 5.54 Å². The van der Waals surface area contributed by atoms with Crippen molar-refractivity contribution in [3.63, 3.8) is 0 Å². The average Bonchev–Trinajstić information content (AvgIpc) is 2.88. The maximum atomic E-state index is 9.45. The first kappa shape index (κ1) is 14.4. The van der Waals surface area contributed by atoms with E-state index in [1.165, 1.54) is 0 Å². The summed E-state index contributed by atoms with van der Waals surface area (Å²) in [5, 5.41) is 22.5. The van der Waals surface area contributed by atoms with Crippen molar-refractivity contribution in [2.75, 3.05) is 0 Å². The summed E-state index contributed by atoms with van der Waals surface area (Å²) in [6.45, 7) is 6.13. The number of rotatable bonds is 4. The molecule has 0 bridgehead atoms. The van der Waals surface area contributed by atoms with Gasteiger partial charge in [0.15, 0.2) is 5.16 Å². The lowest BCUT2D eigenvalue weighted by atomic mass is 9.99. The Labute approximate surface area is 118 Å². The summed E-state index contributed by atoms with van der Waals surface area (Å²) in [5.41, 5.74) is -0.362. The molecule has 19 heavy (non-hydrogen) atoms. The SMILES string of the molecule is Cc1nnc(SC2CCC(C#N)(NC(C)C)C2)n1C. The van der Waals surface area contributed by atoms with Gasteiger partial charge >= 0.3 is 0 Å². The summed E-state index contributed by atoms with van der Waals surface area (Å²) in [7, 11) is 1.98. The van der Waals surface area contributed by atoms with Crippen LogP contribution in [0, 0.1) is 18.3 Å². The Morgan fingerprint density at radius 1 is 1.53 bits per heavy atom. The summed E-state index contributed by atoms with van der Waals surface area (Å²) >= 11 is 1.74. The molecule has 1 aliphatic rings. The van der Waals surface area contributed by atoms with Crippen LogP contribution >= 0.6 is 11.8 Å². The first-order valence-electron chi connectivity index (χ1n) is 6.67. The van der Waals surface area contributed by atoms with Crippen LogP contribution in [0.4, 0.5) is 0 Å². The molecule has 1 aromatic heterocycles. The van der Waals surface area contributed by atoms with Crippen molar-refractivity contribution in [2.45, 2.75) is 62.0 Å². The number of nitrogens with one attached hydrogen (secondary N) is 1. The van der Waals surface area contributed by atoms with E-state index in [2.05, 4.69) is 35.4 Å². The van der Waals surface area contributed by atoms with Crippen LogP contribution in [-0.2, 0) is 7.05 Å². The monoisotopic (exact) mass is 279 g/mol. The van der Waals surface area contributed by atoms with E-state index in [0.717, 1.165) is 30.2 Å². The van der Waals surface area contributed by atoms with Crippen LogP contribution in [0.1, 0.15) is 38.9 Å². The smallest absolute Gasteiger partial charge is 0.191 e. The topological polar surface area (TPSA) is 66.5 Å². The molecule has 1 N–H and O–H groups in total. The molecular formula is C13H21N5S. The van der Waals surface area contributed by atoms with Crippen LogP contribution in [-0.4, -0.2) is 31.6 Å². The first-order valence-corrected chi connectivity index (χ1v) is 7.55. The maximum absolute atomic E-state index is 9.45. The molecule has 0 saturated heterocycles. The molecule has 5 nitrogen and oxygen atoms in total. The maximum Gasteiger partial charge on any atom is 0.191 e. The summed E-state index contributed by atoms with van der Waals surface area (Å²) in [6.07, 6.45) is 2.83. The van der Waals surface area contributed by atoms with Gasteiger partial charge in [0.2, 0.25) is 0 Å². The van der Waals surface area contributed by atoms with Crippen LogP contribution in [0.5, 0.6) is 0 Å². The van der Waals surface area contributed by atoms with Gasteiger partial charge in [-0.2, -0.15) is 5.26 Å². The van der Waals surface area contributed by atoms with Crippen molar-refractivity contribution in [3.8, 4) is 6.07 Å². The zero-order chi connectivity index (χ0) is 14.0. The number of thioether (sulfide) groups is 1. The average molecular weight is 279 g/mol. The molecule has 1 heterocycles. The summed E-state index contributed by atoms with van der Waals surface area (Å²) in [5.74, 6) is 0.923. The third kappa shape index (κ3) is 3.10. The summed E-state index contributed by atoms with van der Waals surface area (Å²) in [4.78, 5) is 0. The van der Waals surface area contributed by atoms with Crippen LogP contribution in [0.2, 0.25) is 0 Å². The van der Waals surface area contributed by atoms with Gasteiger partial charge in [0.1, 0.15) is 11.4 Å². The Balaban J connectivity index is 2.02. The lowest BCUT2D eigenvalue weighted by Crippen LogP contribution is -2.45. The van der Waals surface area contributed by atoms with Gasteiger partial charge in [-0.25, -0.2) is 0 Å². The first-order chi connectivity index (χ1) is 8.96. The molecular weight excluding hydrogens is 258 g/mol. The fraction of sp³-hybridized carbons (Fsp3) is 0.769. The number of aryl methyl sites for hydroxylation is 1. The van der Waals surface area contributed by atoms with Gasteiger partial charge in [0.05, 0.1) is 6.07 Å². The second-order valence-corrected chi connectivity index (χ2v) is 6.83. The van der Waals surface area contributed by atoms with E-state index in [9.17, 15) is 5.26 Å². The number of hydrogen-bond donors (Lipinski definition) is 1. The lowest BCUT2D eigenvalue weighted by molar-refractivity contribution is 0.386. The highest BCUT2D eigenvalue weighted by atomic mass is 32.2. The minimum atomic E-state index is -0.362. The minimum absolute atomic E-state index is 0.334. The highest BCUT2D eigenvalue weighted by Gasteiger charge is 2.40. The van der Waals surface area contributed by atoms with Crippen LogP contribution in [0.25, 0.3) is 0 Å². The van der Waals surface area contributed by atoms with Crippen LogP contribution < -0.4 is 5.32 Å². The quantitative estimate of drug-likeness (QED) is 0.913. The van der Waals surface area contributed by atoms with Crippen molar-refractivity contribution in [2.24, 2.45) is 7.05 Å². The standard InChI is InChI=1S/C13H21N5S/c1-9(2)15-13(8-14)6-5-11(7-13)19-12-17-16-10(3)18(12)4/h9,11,15H,5-7H2,1-4H3. The molecule has 6 heteroatoms. The fourth-order valence-corrected chi connectivity index (χ4v) is 3.84. The molecule has 0 amide bonds. The highest BCUT2D eigenvalue weighted by Crippen LogP contribution is 2.39. The molecule has 2 atom stereocenters. The number of aromatic nitrogens is 3. The van der Waals surface area contributed by atoms with E-state index >= 15 is 0 Å². The molecule has 2 unspecified atom stereocenters. The van der Waals surface area contributed by atoms with Crippen molar-refractivity contribution >= 4 is 11.8 Å². The molecule has 0 spiro atoms. The largest absolute Gasteiger partial charge is 0.309 e. The molecule has 1 aliphatic carbocycles. The molecule has 0 aliphatic heterocycles. The van der Waals surface area contributed by atoms with Crippen molar-refractivity contribution in [1.82, 2.24) is 20.1 Å². The normalized spacial score (nSPS) is 26.8. The molecule has 0 radical (unpaired) electrons. The molecule has 104 valence electrons. The number of hydrogen-bond acceptors (Lipinski definition) is 5. The fourth-order valence-electron chi connectivity index (χ4n) is 2.56. The number of nitriles is 1. The van der Waals surface area contributed by atoms with E-state index in [4.69, 9.17) is 0 Å². The van der Waals surface area contributed by atoms with Gasteiger partial charge in [-0.3, -0.25) is 5.32 Å². The van der Waals surface area contributed by atoms with E-state index in [1.807, 2.05) is 18.5 Å². The third-order valence-electron chi connectivity index (χ3n) is 3.57. The second kappa shape index (κ2) is 5.51. The van der Waals surface area contributed by atoms with Crippen molar-refractivity contribution in [3.05, 3.63) is 5.82 Å². The molecule has 1 fully saturated rings. The number of nitrogens with zero attached hydrogens (tertiary/aromatic N) is 4. The van der Waals surface area contributed by atoms with Crippen molar-refractivity contribution < 1.29 is 0 Å². The van der Waals surface area contributed by atoms with E-state index in [0.29, 0.717) is 11.3 Å². The predicted octanol–water partition coefficient (Wildman–Crippen LogP) is 2.03. The third-order valence-corrected chi connectivity index (χ3v) is 4.87. The van der Waals surface area contributed by atoms with Gasteiger partial charge in [-0.05, 0) is 40.0 Å². The Kier molecular flexibility index (Phi) is 4.16. The van der Waals surface area contributed by atoms with Crippen molar-refractivity contribution in [1.29, 1.82) is 5.26 Å². The Morgan fingerprint density at radius 3 is 2.79 bits per heavy atom. The van der Waals surface area contributed by atoms with Gasteiger partial charge in [-0.15, -0.1) is 10.2 Å². The Hall–Kier alpha value is -1.06. The molecule has 2 rings (SSSR count). The highest BCUT2D eigenvalue weighted by molar-refractivity contribution is 7.99. The Morgan fingerprint density at radius 2 is 2.26 bits per heavy atom. The molecule has 1 aromatic rings. The predicted molar refractivity (Wildman–Crippen MR) is 75.9 cm³/mol. The second-order valence-electron chi connectivity index (χ2n) is 5.56. The summed E-state index contributed by atoms with van der Waals surface area (Å²) in [6, 6.07) is 2.81. The van der Waals surface area contributed by atoms with Gasteiger partial charge < -0.3 is 4.57 Å². The Bertz CT molecular complexity index is 490. The van der Waals surface area contributed by atoms with E-state index < -0.39 is 0 Å². The van der Waals surface area contributed by atoms with Gasteiger partial charge in [0, 0.05) is 18.3 Å². The van der Waals surface area contributed by atoms with Crippen LogP contribution in [0.3, 0.4) is 0 Å². The molecule has 0 aromatic carbocycles. The zero-order valence-electron chi connectivity index (χ0n) is 12.0. The summed E-state index contributed by atoms with van der Waals surface area (Å²) < 4.78 is 2.01. The van der Waals surface area contributed by atoms with Gasteiger partial charge in [0.25, 0.3) is 0 Å². The van der Waals surface area contributed by atoms with Gasteiger partial charge in [-0.1, -0.05) is 11.8 Å².